The highest BCUT2D eigenvalue weighted by Gasteiger charge is 2.27. The molecule has 20 heavy (non-hydrogen) atoms. The summed E-state index contributed by atoms with van der Waals surface area (Å²) in [6, 6.07) is 5.26. The van der Waals surface area contributed by atoms with Crippen molar-refractivity contribution in [3.8, 4) is 0 Å². The van der Waals surface area contributed by atoms with Crippen LogP contribution in [-0.4, -0.2) is 25.8 Å². The summed E-state index contributed by atoms with van der Waals surface area (Å²) in [5.74, 6) is 0. The largest absolute Gasteiger partial charge is 0.304 e. The highest BCUT2D eigenvalue weighted by molar-refractivity contribution is 7.71. The number of likely N-dealkylation sites (tertiary alicyclic amines) is 1. The van der Waals surface area contributed by atoms with Gasteiger partial charge in [0.1, 0.15) is 6.33 Å². The molecule has 0 radical (unpaired) electrons. The average Bonchev–Trinajstić information content (AvgIpc) is 3.12. The summed E-state index contributed by atoms with van der Waals surface area (Å²) in [7, 11) is 0. The molecule has 0 spiro atoms. The fraction of sp³-hybridized carbons (Fsp3) is 0.571. The number of aromatic nitrogens is 3. The minimum atomic E-state index is 0.364. The first-order valence-electron chi connectivity index (χ1n) is 7.08. The van der Waals surface area contributed by atoms with Gasteiger partial charge in [0.15, 0.2) is 4.77 Å². The SMILES string of the molecule is CC(C)n1cnn(CN2CCCC2c2cccs2)c1=S. The zero-order valence-corrected chi connectivity index (χ0v) is 13.5. The molecule has 1 unspecified atom stereocenters. The summed E-state index contributed by atoms with van der Waals surface area (Å²) in [6.07, 6.45) is 4.34. The van der Waals surface area contributed by atoms with Crippen LogP contribution in [0.15, 0.2) is 23.8 Å². The van der Waals surface area contributed by atoms with Gasteiger partial charge >= 0.3 is 0 Å². The van der Waals surface area contributed by atoms with Crippen molar-refractivity contribution in [3.05, 3.63) is 33.5 Å². The fourth-order valence-electron chi connectivity index (χ4n) is 2.77. The van der Waals surface area contributed by atoms with Gasteiger partial charge in [-0.25, -0.2) is 4.68 Å². The van der Waals surface area contributed by atoms with Crippen molar-refractivity contribution >= 4 is 23.6 Å². The summed E-state index contributed by atoms with van der Waals surface area (Å²) in [5.41, 5.74) is 0. The van der Waals surface area contributed by atoms with Gasteiger partial charge in [0.05, 0.1) is 6.67 Å². The van der Waals surface area contributed by atoms with Gasteiger partial charge in [-0.3, -0.25) is 4.90 Å². The topological polar surface area (TPSA) is 26.0 Å². The molecule has 0 amide bonds. The smallest absolute Gasteiger partial charge is 0.199 e. The second-order valence-electron chi connectivity index (χ2n) is 5.54. The van der Waals surface area contributed by atoms with E-state index >= 15 is 0 Å². The molecule has 0 saturated carbocycles. The minimum absolute atomic E-state index is 0.364. The molecule has 2 aromatic heterocycles. The molecular formula is C14H20N4S2. The maximum absolute atomic E-state index is 5.51. The molecule has 1 atom stereocenters. The van der Waals surface area contributed by atoms with Crippen LogP contribution in [0.3, 0.4) is 0 Å². The van der Waals surface area contributed by atoms with Gasteiger partial charge in [-0.15, -0.1) is 11.3 Å². The van der Waals surface area contributed by atoms with Gasteiger partial charge in [0.25, 0.3) is 0 Å². The molecule has 2 aromatic rings. The van der Waals surface area contributed by atoms with Crippen molar-refractivity contribution in [1.82, 2.24) is 19.2 Å². The van der Waals surface area contributed by atoms with Gasteiger partial charge in [0, 0.05) is 23.5 Å². The van der Waals surface area contributed by atoms with Gasteiger partial charge in [-0.05, 0) is 50.4 Å². The van der Waals surface area contributed by atoms with Crippen LogP contribution in [0.4, 0.5) is 0 Å². The first kappa shape index (κ1) is 14.0. The lowest BCUT2D eigenvalue weighted by Crippen LogP contribution is -2.26. The predicted octanol–water partition coefficient (Wildman–Crippen LogP) is 3.85. The minimum Gasteiger partial charge on any atom is -0.304 e. The molecule has 108 valence electrons. The third-order valence-corrected chi connectivity index (χ3v) is 5.26. The van der Waals surface area contributed by atoms with E-state index < -0.39 is 0 Å². The Bertz CT molecular complexity index is 611. The molecular weight excluding hydrogens is 288 g/mol. The van der Waals surface area contributed by atoms with Crippen molar-refractivity contribution in [3.63, 3.8) is 0 Å². The number of hydrogen-bond acceptors (Lipinski definition) is 4. The van der Waals surface area contributed by atoms with E-state index in [2.05, 4.69) is 41.4 Å². The number of thiophene rings is 1. The zero-order chi connectivity index (χ0) is 14.1. The highest BCUT2D eigenvalue weighted by atomic mass is 32.1. The van der Waals surface area contributed by atoms with E-state index in [4.69, 9.17) is 12.2 Å². The van der Waals surface area contributed by atoms with Crippen molar-refractivity contribution in [1.29, 1.82) is 0 Å². The summed E-state index contributed by atoms with van der Waals surface area (Å²) in [5, 5.41) is 6.61. The third kappa shape index (κ3) is 2.60. The molecule has 1 fully saturated rings. The number of hydrogen-bond donors (Lipinski definition) is 0. The zero-order valence-electron chi connectivity index (χ0n) is 11.9. The molecule has 3 heterocycles. The Hall–Kier alpha value is -0.980. The molecule has 0 aromatic carbocycles. The fourth-order valence-corrected chi connectivity index (χ4v) is 4.03. The summed E-state index contributed by atoms with van der Waals surface area (Å²) in [4.78, 5) is 3.94. The molecule has 0 bridgehead atoms. The van der Waals surface area contributed by atoms with E-state index in [0.29, 0.717) is 12.1 Å². The lowest BCUT2D eigenvalue weighted by atomic mass is 10.2. The lowest BCUT2D eigenvalue weighted by Gasteiger charge is -2.23. The molecule has 3 rings (SSSR count). The average molecular weight is 308 g/mol. The van der Waals surface area contributed by atoms with Crippen LogP contribution in [0.5, 0.6) is 0 Å². The van der Waals surface area contributed by atoms with Gasteiger partial charge in [0.2, 0.25) is 0 Å². The van der Waals surface area contributed by atoms with Crippen LogP contribution < -0.4 is 0 Å². The second kappa shape index (κ2) is 5.79. The molecule has 1 saturated heterocycles. The molecule has 0 N–H and O–H groups in total. The van der Waals surface area contributed by atoms with Crippen LogP contribution in [0, 0.1) is 4.77 Å². The van der Waals surface area contributed by atoms with Crippen LogP contribution in [0.1, 0.15) is 43.6 Å². The molecule has 1 aliphatic heterocycles. The predicted molar refractivity (Wildman–Crippen MR) is 84.4 cm³/mol. The highest BCUT2D eigenvalue weighted by Crippen LogP contribution is 2.34. The van der Waals surface area contributed by atoms with Gasteiger partial charge in [-0.1, -0.05) is 6.07 Å². The van der Waals surface area contributed by atoms with E-state index in [-0.39, 0.29) is 0 Å². The molecule has 4 nitrogen and oxygen atoms in total. The third-order valence-electron chi connectivity index (χ3n) is 3.86. The van der Waals surface area contributed by atoms with Crippen molar-refractivity contribution in [2.45, 2.75) is 45.4 Å². The van der Waals surface area contributed by atoms with E-state index in [1.807, 2.05) is 26.9 Å². The van der Waals surface area contributed by atoms with E-state index in [1.165, 1.54) is 17.7 Å². The Kier molecular flexibility index (Phi) is 4.05. The Morgan fingerprint density at radius 1 is 1.50 bits per heavy atom. The van der Waals surface area contributed by atoms with Crippen molar-refractivity contribution in [2.24, 2.45) is 0 Å². The standard InChI is InChI=1S/C14H20N4S2/c1-11(2)17-9-15-18(14(17)19)10-16-7-3-5-12(16)13-6-4-8-20-13/h4,6,8-9,11-12H,3,5,7,10H2,1-2H3. The normalized spacial score (nSPS) is 20.1. The van der Waals surface area contributed by atoms with Crippen LogP contribution in [0.2, 0.25) is 0 Å². The Morgan fingerprint density at radius 2 is 2.35 bits per heavy atom. The number of rotatable bonds is 4. The van der Waals surface area contributed by atoms with Gasteiger partial charge < -0.3 is 4.57 Å². The maximum Gasteiger partial charge on any atom is 0.199 e. The Morgan fingerprint density at radius 3 is 3.00 bits per heavy atom. The summed E-state index contributed by atoms with van der Waals surface area (Å²) >= 11 is 7.36. The monoisotopic (exact) mass is 308 g/mol. The van der Waals surface area contributed by atoms with Crippen LogP contribution in [0.25, 0.3) is 0 Å². The van der Waals surface area contributed by atoms with Crippen LogP contribution >= 0.6 is 23.6 Å². The Balaban J connectivity index is 1.79. The first-order chi connectivity index (χ1) is 9.66. The van der Waals surface area contributed by atoms with E-state index in [1.54, 1.807) is 0 Å². The quantitative estimate of drug-likeness (QED) is 0.802. The van der Waals surface area contributed by atoms with Crippen molar-refractivity contribution < 1.29 is 0 Å². The maximum atomic E-state index is 5.51. The molecule has 1 aliphatic rings. The van der Waals surface area contributed by atoms with E-state index in [0.717, 1.165) is 18.0 Å². The first-order valence-corrected chi connectivity index (χ1v) is 8.37. The summed E-state index contributed by atoms with van der Waals surface area (Å²) < 4.78 is 4.81. The molecule has 0 aliphatic carbocycles. The van der Waals surface area contributed by atoms with Crippen molar-refractivity contribution in [2.75, 3.05) is 6.54 Å². The Labute approximate surface area is 128 Å². The molecule has 6 heteroatoms. The number of nitrogens with zero attached hydrogens (tertiary/aromatic N) is 4. The second-order valence-corrected chi connectivity index (χ2v) is 6.89. The van der Waals surface area contributed by atoms with Crippen LogP contribution in [-0.2, 0) is 6.67 Å². The van der Waals surface area contributed by atoms with Gasteiger partial charge in [-0.2, -0.15) is 5.10 Å². The summed E-state index contributed by atoms with van der Waals surface area (Å²) in [6.45, 7) is 6.18. The lowest BCUT2D eigenvalue weighted by molar-refractivity contribution is 0.191. The van der Waals surface area contributed by atoms with E-state index in [9.17, 15) is 0 Å².